The summed E-state index contributed by atoms with van der Waals surface area (Å²) in [4.78, 5) is 23.7. The van der Waals surface area contributed by atoms with E-state index in [1.807, 2.05) is 6.92 Å². The summed E-state index contributed by atoms with van der Waals surface area (Å²) in [6.07, 6.45) is -2.46. The van der Waals surface area contributed by atoms with E-state index in [0.717, 1.165) is 0 Å². The minimum atomic E-state index is -0.965. The van der Waals surface area contributed by atoms with Crippen LogP contribution in [-0.2, 0) is 18.7 Å². The highest BCUT2D eigenvalue weighted by Gasteiger charge is 2.38. The maximum atomic E-state index is 12.4. The first kappa shape index (κ1) is 24.1. The van der Waals surface area contributed by atoms with E-state index in [0.29, 0.717) is 17.7 Å². The van der Waals surface area contributed by atoms with Crippen LogP contribution in [0.1, 0.15) is 43.1 Å². The Morgan fingerprint density at radius 1 is 1.27 bits per heavy atom. The lowest BCUT2D eigenvalue weighted by atomic mass is 9.96. The monoisotopic (exact) mass is 445 g/mol. The van der Waals surface area contributed by atoms with Gasteiger partial charge in [0.1, 0.15) is 18.3 Å². The number of carbonyl (C=O) groups is 1. The van der Waals surface area contributed by atoms with Crippen molar-refractivity contribution in [1.29, 1.82) is 0 Å². The van der Waals surface area contributed by atoms with Gasteiger partial charge in [-0.25, -0.2) is 4.79 Å². The third kappa shape index (κ3) is 4.94. The molecule has 1 aliphatic heterocycles. The minimum Gasteiger partial charge on any atom is -0.493 e. The number of nitrogens with zero attached hydrogens (tertiary/aromatic N) is 1. The predicted molar refractivity (Wildman–Crippen MR) is 110 cm³/mol. The minimum absolute atomic E-state index is 0.0952. The fraction of sp³-hybridized carbons (Fsp3) is 0.632. The molecule has 5 atom stereocenters. The highest BCUT2D eigenvalue weighted by atomic mass is 31.0. The van der Waals surface area contributed by atoms with Gasteiger partial charge in [-0.3, -0.25) is 10.1 Å². The van der Waals surface area contributed by atoms with Gasteiger partial charge in [-0.05, 0) is 27.7 Å². The number of nitro benzene ring substituents is 1. The van der Waals surface area contributed by atoms with Crippen molar-refractivity contribution in [1.82, 2.24) is 0 Å². The van der Waals surface area contributed by atoms with Crippen LogP contribution in [0.5, 0.6) is 11.5 Å². The maximum absolute atomic E-state index is 12.4. The molecular weight excluding hydrogens is 417 g/mol. The van der Waals surface area contributed by atoms with E-state index in [-0.39, 0.29) is 35.3 Å². The van der Waals surface area contributed by atoms with Gasteiger partial charge in [-0.1, -0.05) is 0 Å². The average Bonchev–Trinajstić information content (AvgIpc) is 3.00. The summed E-state index contributed by atoms with van der Waals surface area (Å²) in [7, 11) is 4.97. The van der Waals surface area contributed by atoms with Gasteiger partial charge in [-0.15, -0.1) is 0 Å². The van der Waals surface area contributed by atoms with Crippen molar-refractivity contribution in [3.63, 3.8) is 0 Å². The molecule has 1 fully saturated rings. The molecular formula is C19H28NO9P. The van der Waals surface area contributed by atoms with Crippen LogP contribution in [0.2, 0.25) is 0 Å². The number of nitro groups is 1. The third-order valence-corrected chi connectivity index (χ3v) is 5.26. The number of hydrogen-bond donors (Lipinski definition) is 0. The Bertz CT molecular complexity index is 801. The van der Waals surface area contributed by atoms with Gasteiger partial charge in [0.05, 0.1) is 43.0 Å². The van der Waals surface area contributed by atoms with Crippen LogP contribution in [0.4, 0.5) is 10.5 Å². The Balaban J connectivity index is 2.30. The lowest BCUT2D eigenvalue weighted by Crippen LogP contribution is -2.31. The van der Waals surface area contributed by atoms with Gasteiger partial charge in [0.25, 0.3) is 5.69 Å². The summed E-state index contributed by atoms with van der Waals surface area (Å²) >= 11 is 0. The first-order chi connectivity index (χ1) is 14.2. The average molecular weight is 445 g/mol. The molecule has 2 rings (SSSR count). The first-order valence-corrected chi connectivity index (χ1v) is 9.87. The lowest BCUT2D eigenvalue weighted by molar-refractivity contribution is -0.386. The van der Waals surface area contributed by atoms with Crippen molar-refractivity contribution in [3.8, 4) is 11.5 Å². The summed E-state index contributed by atoms with van der Waals surface area (Å²) in [6, 6.07) is 0. The highest BCUT2D eigenvalue weighted by Crippen LogP contribution is 2.46. The Morgan fingerprint density at radius 2 is 1.87 bits per heavy atom. The van der Waals surface area contributed by atoms with Crippen molar-refractivity contribution >= 4 is 21.3 Å². The molecule has 0 amide bonds. The molecule has 0 N–H and O–H groups in total. The van der Waals surface area contributed by atoms with Gasteiger partial charge < -0.3 is 28.2 Å². The standard InChI is InChI=1S/C19H28NO9P/c1-9-7-13(14(27-9)8-26-30)29-19(21)28-12(4)15-10(2)17(24-5)18(25-6)11(3)16(15)20(22)23/h9,12-14H,7-8,30H2,1-6H3. The molecule has 1 aromatic rings. The Morgan fingerprint density at radius 3 is 2.40 bits per heavy atom. The second-order valence-corrected chi connectivity index (χ2v) is 7.39. The Kier molecular flexibility index (Phi) is 8.23. The van der Waals surface area contributed by atoms with E-state index in [1.165, 1.54) is 14.2 Å². The van der Waals surface area contributed by atoms with E-state index < -0.39 is 29.4 Å². The molecule has 10 nitrogen and oxygen atoms in total. The van der Waals surface area contributed by atoms with E-state index in [4.69, 9.17) is 28.2 Å². The van der Waals surface area contributed by atoms with Gasteiger partial charge in [0, 0.05) is 21.5 Å². The van der Waals surface area contributed by atoms with Crippen LogP contribution in [0.15, 0.2) is 0 Å². The zero-order valence-corrected chi connectivity index (χ0v) is 19.1. The highest BCUT2D eigenvalue weighted by molar-refractivity contribution is 7.09. The molecule has 1 aliphatic rings. The van der Waals surface area contributed by atoms with Crippen LogP contribution in [0.3, 0.4) is 0 Å². The number of hydrogen-bond acceptors (Lipinski definition) is 9. The largest absolute Gasteiger partial charge is 0.509 e. The fourth-order valence-electron chi connectivity index (χ4n) is 3.81. The molecule has 11 heteroatoms. The normalized spacial score (nSPS) is 21.8. The van der Waals surface area contributed by atoms with E-state index in [1.54, 1.807) is 20.8 Å². The van der Waals surface area contributed by atoms with E-state index in [9.17, 15) is 14.9 Å². The molecule has 1 saturated heterocycles. The second kappa shape index (κ2) is 10.2. The van der Waals surface area contributed by atoms with Crippen molar-refractivity contribution in [3.05, 3.63) is 26.8 Å². The molecule has 1 aromatic carbocycles. The maximum Gasteiger partial charge on any atom is 0.509 e. The fourth-order valence-corrected chi connectivity index (χ4v) is 4.00. The Hall–Kier alpha value is -2.16. The molecule has 30 heavy (non-hydrogen) atoms. The number of carbonyl (C=O) groups excluding carboxylic acids is 1. The number of methoxy groups -OCH3 is 2. The zero-order chi connectivity index (χ0) is 22.6. The number of rotatable bonds is 8. The number of benzene rings is 1. The summed E-state index contributed by atoms with van der Waals surface area (Å²) < 4.78 is 32.2. The van der Waals surface area contributed by atoms with Gasteiger partial charge in [-0.2, -0.15) is 0 Å². The first-order valence-electron chi connectivity index (χ1n) is 9.39. The van der Waals surface area contributed by atoms with Crippen molar-refractivity contribution in [2.45, 2.75) is 58.5 Å². The van der Waals surface area contributed by atoms with E-state index in [2.05, 4.69) is 9.47 Å². The quantitative estimate of drug-likeness (QED) is 0.255. The van der Waals surface area contributed by atoms with E-state index >= 15 is 0 Å². The Labute approximate surface area is 177 Å². The van der Waals surface area contributed by atoms with Crippen molar-refractivity contribution < 1.29 is 37.9 Å². The molecule has 0 spiro atoms. The summed E-state index contributed by atoms with van der Waals surface area (Å²) in [5, 5.41) is 11.8. The molecule has 0 bridgehead atoms. The molecule has 0 saturated carbocycles. The molecule has 0 aromatic heterocycles. The van der Waals surface area contributed by atoms with Gasteiger partial charge in [0.2, 0.25) is 0 Å². The zero-order valence-electron chi connectivity index (χ0n) is 17.9. The predicted octanol–water partition coefficient (Wildman–Crippen LogP) is 3.80. The summed E-state index contributed by atoms with van der Waals surface area (Å²) in [5.74, 6) is 0.604. The molecule has 0 aliphatic carbocycles. The second-order valence-electron chi connectivity index (χ2n) is 7.06. The lowest BCUT2D eigenvalue weighted by Gasteiger charge is -2.22. The third-order valence-electron chi connectivity index (χ3n) is 5.07. The SMILES string of the molecule is COc1c(C)c(C(C)OC(=O)OC2CC(C)OC2COP)c([N+](=O)[O-])c(C)c1OC. The van der Waals surface area contributed by atoms with Gasteiger partial charge in [0.15, 0.2) is 11.5 Å². The van der Waals surface area contributed by atoms with Crippen LogP contribution < -0.4 is 9.47 Å². The smallest absolute Gasteiger partial charge is 0.493 e. The van der Waals surface area contributed by atoms with Crippen LogP contribution in [-0.4, -0.2) is 50.2 Å². The molecule has 1 heterocycles. The van der Waals surface area contributed by atoms with Crippen molar-refractivity contribution in [2.24, 2.45) is 0 Å². The summed E-state index contributed by atoms with van der Waals surface area (Å²) in [5.41, 5.74) is 0.740. The molecule has 5 unspecified atom stereocenters. The van der Waals surface area contributed by atoms with Crippen LogP contribution in [0.25, 0.3) is 0 Å². The molecule has 0 radical (unpaired) electrons. The van der Waals surface area contributed by atoms with Crippen molar-refractivity contribution in [2.75, 3.05) is 20.8 Å². The molecule has 168 valence electrons. The summed E-state index contributed by atoms with van der Waals surface area (Å²) in [6.45, 7) is 6.85. The van der Waals surface area contributed by atoms with Crippen LogP contribution in [0, 0.1) is 24.0 Å². The topological polar surface area (TPSA) is 116 Å². The number of ether oxygens (including phenoxy) is 5. The van der Waals surface area contributed by atoms with Crippen LogP contribution >= 0.6 is 9.47 Å². The van der Waals surface area contributed by atoms with Gasteiger partial charge >= 0.3 is 6.16 Å².